The quantitative estimate of drug-likeness (QED) is 0.813. The number of nitrogens with one attached hydrogen (secondary N) is 1. The van der Waals surface area contributed by atoms with Crippen molar-refractivity contribution >= 4 is 17.9 Å². The van der Waals surface area contributed by atoms with Gasteiger partial charge in [-0.2, -0.15) is 0 Å². The van der Waals surface area contributed by atoms with Gasteiger partial charge >= 0.3 is 0 Å². The normalized spacial score (nSPS) is 10.2. The van der Waals surface area contributed by atoms with Crippen LogP contribution in [-0.4, -0.2) is 33.1 Å². The average molecular weight is 305 g/mol. The molecule has 0 saturated carbocycles. The minimum atomic E-state index is -0.540. The Bertz CT molecular complexity index is 594. The molecule has 0 spiro atoms. The Labute approximate surface area is 129 Å². The number of carbonyl (C=O) groups excluding carboxylic acids is 2. The van der Waals surface area contributed by atoms with Crippen molar-refractivity contribution in [3.05, 3.63) is 35.9 Å². The summed E-state index contributed by atoms with van der Waals surface area (Å²) in [6.07, 6.45) is 2.77. The number of rotatable bonds is 6. The summed E-state index contributed by atoms with van der Waals surface area (Å²) in [6, 6.07) is 3.37. The number of hydrogen-bond acceptors (Lipinski definition) is 5. The van der Waals surface area contributed by atoms with Gasteiger partial charge in [-0.15, -0.1) is 0 Å². The lowest BCUT2D eigenvalue weighted by Crippen LogP contribution is -2.28. The molecule has 1 aromatic rings. The zero-order valence-electron chi connectivity index (χ0n) is 13.1. The van der Waals surface area contributed by atoms with Crippen molar-refractivity contribution in [1.29, 1.82) is 0 Å². The van der Waals surface area contributed by atoms with Gasteiger partial charge in [-0.3, -0.25) is 14.9 Å². The second-order valence-electron chi connectivity index (χ2n) is 4.39. The van der Waals surface area contributed by atoms with Crippen molar-refractivity contribution in [2.75, 3.05) is 21.3 Å². The summed E-state index contributed by atoms with van der Waals surface area (Å²) in [5, 5.41) is 2.18. The monoisotopic (exact) mass is 305 g/mol. The molecule has 0 saturated heterocycles. The summed E-state index contributed by atoms with van der Waals surface area (Å²) in [5.74, 6) is 0.352. The van der Waals surface area contributed by atoms with Crippen LogP contribution in [-0.2, 0) is 9.59 Å². The molecular weight excluding hydrogens is 286 g/mol. The number of imide groups is 1. The van der Waals surface area contributed by atoms with Crippen LogP contribution in [0.1, 0.15) is 12.5 Å². The van der Waals surface area contributed by atoms with Gasteiger partial charge in [0.1, 0.15) is 0 Å². The van der Waals surface area contributed by atoms with Crippen molar-refractivity contribution in [1.82, 2.24) is 5.32 Å². The topological polar surface area (TPSA) is 73.9 Å². The van der Waals surface area contributed by atoms with Crippen LogP contribution in [0.25, 0.3) is 6.08 Å². The summed E-state index contributed by atoms with van der Waals surface area (Å²) in [5.41, 5.74) is 0.918. The minimum Gasteiger partial charge on any atom is -0.493 e. The highest BCUT2D eigenvalue weighted by Crippen LogP contribution is 2.38. The van der Waals surface area contributed by atoms with Crippen molar-refractivity contribution < 1.29 is 23.8 Å². The van der Waals surface area contributed by atoms with E-state index in [1.54, 1.807) is 12.1 Å². The molecule has 118 valence electrons. The SMILES string of the molecule is C=C(C)C(=O)NC(=O)/C=C/c1cc(OC)c(OC)c(OC)c1. The van der Waals surface area contributed by atoms with Crippen molar-refractivity contribution in [3.8, 4) is 17.2 Å². The fraction of sp³-hybridized carbons (Fsp3) is 0.250. The van der Waals surface area contributed by atoms with E-state index in [4.69, 9.17) is 14.2 Å². The molecular formula is C16H19NO5. The Morgan fingerprint density at radius 2 is 1.64 bits per heavy atom. The van der Waals surface area contributed by atoms with E-state index in [0.29, 0.717) is 22.8 Å². The van der Waals surface area contributed by atoms with Crippen LogP contribution >= 0.6 is 0 Å². The van der Waals surface area contributed by atoms with E-state index in [0.717, 1.165) is 0 Å². The zero-order chi connectivity index (χ0) is 16.7. The van der Waals surface area contributed by atoms with Crippen molar-refractivity contribution in [2.24, 2.45) is 0 Å². The minimum absolute atomic E-state index is 0.259. The van der Waals surface area contributed by atoms with Gasteiger partial charge in [-0.25, -0.2) is 0 Å². The maximum Gasteiger partial charge on any atom is 0.253 e. The van der Waals surface area contributed by atoms with Crippen molar-refractivity contribution in [2.45, 2.75) is 6.92 Å². The van der Waals surface area contributed by atoms with Crippen molar-refractivity contribution in [3.63, 3.8) is 0 Å². The van der Waals surface area contributed by atoms with Gasteiger partial charge in [-0.05, 0) is 30.7 Å². The van der Waals surface area contributed by atoms with E-state index in [1.165, 1.54) is 40.4 Å². The van der Waals surface area contributed by atoms with Crippen LogP contribution in [0.5, 0.6) is 17.2 Å². The summed E-state index contributed by atoms with van der Waals surface area (Å²) in [6.45, 7) is 4.97. The number of methoxy groups -OCH3 is 3. The lowest BCUT2D eigenvalue weighted by molar-refractivity contribution is -0.125. The van der Waals surface area contributed by atoms with E-state index < -0.39 is 11.8 Å². The third-order valence-corrected chi connectivity index (χ3v) is 2.74. The second kappa shape index (κ2) is 7.87. The molecule has 1 aromatic carbocycles. The highest BCUT2D eigenvalue weighted by molar-refractivity contribution is 6.08. The molecule has 1 N–H and O–H groups in total. The van der Waals surface area contributed by atoms with E-state index in [-0.39, 0.29) is 5.57 Å². The summed E-state index contributed by atoms with van der Waals surface area (Å²) < 4.78 is 15.6. The molecule has 1 rings (SSSR count). The molecule has 0 unspecified atom stereocenters. The Kier molecular flexibility index (Phi) is 6.19. The molecule has 6 heteroatoms. The smallest absolute Gasteiger partial charge is 0.253 e. The Balaban J connectivity index is 2.98. The molecule has 0 bridgehead atoms. The number of hydrogen-bond donors (Lipinski definition) is 1. The van der Waals surface area contributed by atoms with Crippen LogP contribution in [0.3, 0.4) is 0 Å². The Hall–Kier alpha value is -2.76. The van der Waals surface area contributed by atoms with Gasteiger partial charge in [0.15, 0.2) is 11.5 Å². The molecule has 0 atom stereocenters. The average Bonchev–Trinajstić information content (AvgIpc) is 2.51. The van der Waals surface area contributed by atoms with Crippen LogP contribution in [0.4, 0.5) is 0 Å². The largest absolute Gasteiger partial charge is 0.493 e. The first kappa shape index (κ1) is 17.3. The van der Waals surface area contributed by atoms with Gasteiger partial charge in [0.25, 0.3) is 11.8 Å². The van der Waals surface area contributed by atoms with E-state index in [2.05, 4.69) is 11.9 Å². The molecule has 0 heterocycles. The fourth-order valence-corrected chi connectivity index (χ4v) is 1.63. The second-order valence-corrected chi connectivity index (χ2v) is 4.39. The molecule has 0 aliphatic rings. The predicted molar refractivity (Wildman–Crippen MR) is 83.1 cm³/mol. The maximum absolute atomic E-state index is 11.6. The number of ether oxygens (including phenoxy) is 3. The van der Waals surface area contributed by atoms with Gasteiger partial charge in [0.05, 0.1) is 21.3 Å². The fourth-order valence-electron chi connectivity index (χ4n) is 1.63. The molecule has 0 fully saturated rings. The van der Waals surface area contributed by atoms with Crippen LogP contribution in [0.2, 0.25) is 0 Å². The molecule has 0 aliphatic carbocycles. The summed E-state index contributed by atoms with van der Waals surface area (Å²) in [7, 11) is 4.51. The van der Waals surface area contributed by atoms with Gasteiger partial charge in [0.2, 0.25) is 5.75 Å². The van der Waals surface area contributed by atoms with E-state index >= 15 is 0 Å². The molecule has 6 nitrogen and oxygen atoms in total. The Morgan fingerprint density at radius 1 is 1.09 bits per heavy atom. The number of carbonyl (C=O) groups is 2. The molecule has 22 heavy (non-hydrogen) atoms. The van der Waals surface area contributed by atoms with Gasteiger partial charge in [-0.1, -0.05) is 6.58 Å². The van der Waals surface area contributed by atoms with Gasteiger partial charge in [0, 0.05) is 11.6 Å². The lowest BCUT2D eigenvalue weighted by Gasteiger charge is -2.12. The zero-order valence-corrected chi connectivity index (χ0v) is 13.1. The first-order valence-corrected chi connectivity index (χ1v) is 6.41. The van der Waals surface area contributed by atoms with Crippen LogP contribution in [0, 0.1) is 0 Å². The lowest BCUT2D eigenvalue weighted by atomic mass is 10.1. The third kappa shape index (κ3) is 4.37. The first-order chi connectivity index (χ1) is 10.4. The molecule has 0 radical (unpaired) electrons. The molecule has 2 amide bonds. The first-order valence-electron chi connectivity index (χ1n) is 6.41. The maximum atomic E-state index is 11.6. The van der Waals surface area contributed by atoms with Crippen LogP contribution < -0.4 is 19.5 Å². The molecule has 0 aliphatic heterocycles. The number of benzene rings is 1. The van der Waals surface area contributed by atoms with E-state index in [9.17, 15) is 9.59 Å². The standard InChI is InChI=1S/C16H19NO5/c1-10(2)16(19)17-14(18)7-6-11-8-12(20-3)15(22-5)13(9-11)21-4/h6-9H,1H2,2-5H3,(H,17,18,19)/b7-6+. The third-order valence-electron chi connectivity index (χ3n) is 2.74. The highest BCUT2D eigenvalue weighted by atomic mass is 16.5. The predicted octanol–water partition coefficient (Wildman–Crippen LogP) is 1.94. The summed E-state index contributed by atoms with van der Waals surface area (Å²) >= 11 is 0. The number of amides is 2. The molecule has 0 aromatic heterocycles. The highest BCUT2D eigenvalue weighted by Gasteiger charge is 2.12. The van der Waals surface area contributed by atoms with Gasteiger partial charge < -0.3 is 14.2 Å². The van der Waals surface area contributed by atoms with E-state index in [1.807, 2.05) is 0 Å². The summed E-state index contributed by atoms with van der Waals surface area (Å²) in [4.78, 5) is 22.9. The van der Waals surface area contributed by atoms with Crippen LogP contribution in [0.15, 0.2) is 30.4 Å². The Morgan fingerprint density at radius 3 is 2.05 bits per heavy atom.